The third kappa shape index (κ3) is 1.78. The van der Waals surface area contributed by atoms with E-state index < -0.39 is 0 Å². The van der Waals surface area contributed by atoms with Gasteiger partial charge in [-0.15, -0.1) is 0 Å². The van der Waals surface area contributed by atoms with Crippen molar-refractivity contribution >= 4 is 11.6 Å². The second-order valence-corrected chi connectivity index (χ2v) is 3.61. The highest BCUT2D eigenvalue weighted by Gasteiger charge is 2.03. The summed E-state index contributed by atoms with van der Waals surface area (Å²) < 4.78 is 0. The number of nitrogens with zero attached hydrogens (tertiary/aromatic N) is 1. The molecular formula is C12H10ClN. The van der Waals surface area contributed by atoms with E-state index in [2.05, 4.69) is 4.98 Å². The van der Waals surface area contributed by atoms with Gasteiger partial charge in [0, 0.05) is 16.8 Å². The lowest BCUT2D eigenvalue weighted by Gasteiger charge is -2.04. The van der Waals surface area contributed by atoms with Crippen LogP contribution >= 0.6 is 11.6 Å². The Hall–Kier alpha value is -1.34. The number of hydrogen-bond acceptors (Lipinski definition) is 1. The summed E-state index contributed by atoms with van der Waals surface area (Å²) in [6.45, 7) is 2.04. The van der Waals surface area contributed by atoms with Gasteiger partial charge in [0.15, 0.2) is 0 Å². The van der Waals surface area contributed by atoms with Gasteiger partial charge in [-0.05, 0) is 31.2 Å². The first-order chi connectivity index (χ1) is 6.77. The molecule has 0 unspecified atom stereocenters. The van der Waals surface area contributed by atoms with Crippen molar-refractivity contribution in [2.24, 2.45) is 0 Å². The Labute approximate surface area is 88.4 Å². The van der Waals surface area contributed by atoms with Crippen LogP contribution in [-0.4, -0.2) is 4.98 Å². The van der Waals surface area contributed by atoms with Crippen molar-refractivity contribution < 1.29 is 0 Å². The number of halogens is 1. The van der Waals surface area contributed by atoms with Gasteiger partial charge in [0.1, 0.15) is 0 Å². The molecule has 2 rings (SSSR count). The summed E-state index contributed by atoms with van der Waals surface area (Å²) in [7, 11) is 0. The molecule has 1 aromatic heterocycles. The second-order valence-electron chi connectivity index (χ2n) is 3.20. The molecule has 1 heterocycles. The standard InChI is InChI=1S/C12H10ClN/c1-9-5-6-11(13)10(8-9)12-4-2-3-7-14-12/h2-8H,1H3. The average molecular weight is 204 g/mol. The van der Waals surface area contributed by atoms with E-state index in [-0.39, 0.29) is 0 Å². The highest BCUT2D eigenvalue weighted by Crippen LogP contribution is 2.26. The largest absolute Gasteiger partial charge is 0.256 e. The summed E-state index contributed by atoms with van der Waals surface area (Å²) in [6, 6.07) is 11.8. The Bertz CT molecular complexity index is 437. The number of pyridine rings is 1. The van der Waals surface area contributed by atoms with Crippen LogP contribution in [0.3, 0.4) is 0 Å². The van der Waals surface area contributed by atoms with Gasteiger partial charge in [-0.1, -0.05) is 29.3 Å². The Morgan fingerprint density at radius 1 is 1.14 bits per heavy atom. The maximum absolute atomic E-state index is 6.09. The average Bonchev–Trinajstić information content (AvgIpc) is 2.23. The zero-order valence-electron chi connectivity index (χ0n) is 7.87. The van der Waals surface area contributed by atoms with Crippen LogP contribution in [0.5, 0.6) is 0 Å². The summed E-state index contributed by atoms with van der Waals surface area (Å²) in [5.74, 6) is 0. The molecule has 0 bridgehead atoms. The fraction of sp³-hybridized carbons (Fsp3) is 0.0833. The van der Waals surface area contributed by atoms with Gasteiger partial charge in [-0.25, -0.2) is 0 Å². The van der Waals surface area contributed by atoms with Crippen LogP contribution in [0.25, 0.3) is 11.3 Å². The van der Waals surface area contributed by atoms with E-state index in [1.165, 1.54) is 5.56 Å². The van der Waals surface area contributed by atoms with Gasteiger partial charge >= 0.3 is 0 Å². The molecule has 2 aromatic rings. The minimum absolute atomic E-state index is 0.745. The van der Waals surface area contributed by atoms with Crippen LogP contribution in [0.1, 0.15) is 5.56 Å². The molecule has 0 aliphatic rings. The highest BCUT2D eigenvalue weighted by atomic mass is 35.5. The summed E-state index contributed by atoms with van der Waals surface area (Å²) in [4.78, 5) is 4.27. The first-order valence-corrected chi connectivity index (χ1v) is 4.83. The van der Waals surface area contributed by atoms with Crippen LogP contribution in [-0.2, 0) is 0 Å². The molecule has 0 saturated carbocycles. The van der Waals surface area contributed by atoms with Gasteiger partial charge < -0.3 is 0 Å². The van der Waals surface area contributed by atoms with Gasteiger partial charge in [0.25, 0.3) is 0 Å². The minimum atomic E-state index is 0.745. The molecule has 0 radical (unpaired) electrons. The van der Waals surface area contributed by atoms with Crippen LogP contribution < -0.4 is 0 Å². The number of rotatable bonds is 1. The Morgan fingerprint density at radius 3 is 2.71 bits per heavy atom. The first-order valence-electron chi connectivity index (χ1n) is 4.45. The number of aryl methyl sites for hydroxylation is 1. The lowest BCUT2D eigenvalue weighted by molar-refractivity contribution is 1.32. The van der Waals surface area contributed by atoms with Gasteiger partial charge in [0.05, 0.1) is 5.69 Å². The number of hydrogen-bond donors (Lipinski definition) is 0. The smallest absolute Gasteiger partial charge is 0.0717 e. The van der Waals surface area contributed by atoms with Crippen molar-refractivity contribution in [3.05, 3.63) is 53.2 Å². The zero-order valence-corrected chi connectivity index (χ0v) is 8.62. The van der Waals surface area contributed by atoms with Crippen molar-refractivity contribution in [1.82, 2.24) is 4.98 Å². The highest BCUT2D eigenvalue weighted by molar-refractivity contribution is 6.33. The maximum atomic E-state index is 6.09. The molecule has 0 aliphatic carbocycles. The van der Waals surface area contributed by atoms with E-state index in [1.807, 2.05) is 43.3 Å². The van der Waals surface area contributed by atoms with Crippen LogP contribution in [0, 0.1) is 6.92 Å². The predicted octanol–water partition coefficient (Wildman–Crippen LogP) is 3.71. The lowest BCUT2D eigenvalue weighted by Crippen LogP contribution is -1.84. The summed E-state index contributed by atoms with van der Waals surface area (Å²) in [5.41, 5.74) is 3.10. The summed E-state index contributed by atoms with van der Waals surface area (Å²) >= 11 is 6.09. The zero-order chi connectivity index (χ0) is 9.97. The Kier molecular flexibility index (Phi) is 2.51. The van der Waals surface area contributed by atoms with Crippen molar-refractivity contribution in [3.63, 3.8) is 0 Å². The van der Waals surface area contributed by atoms with Crippen LogP contribution in [0.15, 0.2) is 42.6 Å². The number of benzene rings is 1. The molecule has 70 valence electrons. The molecule has 0 saturated heterocycles. The Balaban J connectivity index is 2.57. The minimum Gasteiger partial charge on any atom is -0.256 e. The monoisotopic (exact) mass is 203 g/mol. The number of aromatic nitrogens is 1. The van der Waals surface area contributed by atoms with E-state index in [9.17, 15) is 0 Å². The van der Waals surface area contributed by atoms with E-state index in [0.717, 1.165) is 16.3 Å². The molecule has 0 N–H and O–H groups in total. The summed E-state index contributed by atoms with van der Waals surface area (Å²) in [5, 5.41) is 0.745. The third-order valence-corrected chi connectivity index (χ3v) is 2.39. The van der Waals surface area contributed by atoms with E-state index in [1.54, 1.807) is 6.20 Å². The van der Waals surface area contributed by atoms with E-state index in [4.69, 9.17) is 11.6 Å². The normalized spacial score (nSPS) is 10.1. The maximum Gasteiger partial charge on any atom is 0.0717 e. The molecular weight excluding hydrogens is 194 g/mol. The van der Waals surface area contributed by atoms with Crippen molar-refractivity contribution in [2.45, 2.75) is 6.92 Å². The SMILES string of the molecule is Cc1ccc(Cl)c(-c2ccccn2)c1. The molecule has 0 atom stereocenters. The summed E-state index contributed by atoms with van der Waals surface area (Å²) in [6.07, 6.45) is 1.77. The third-order valence-electron chi connectivity index (χ3n) is 2.06. The molecule has 1 aromatic carbocycles. The quantitative estimate of drug-likeness (QED) is 0.689. The fourth-order valence-corrected chi connectivity index (χ4v) is 1.57. The molecule has 2 heteroatoms. The van der Waals surface area contributed by atoms with E-state index in [0.29, 0.717) is 0 Å². The molecule has 0 spiro atoms. The van der Waals surface area contributed by atoms with Gasteiger partial charge in [-0.3, -0.25) is 4.98 Å². The van der Waals surface area contributed by atoms with Crippen molar-refractivity contribution in [3.8, 4) is 11.3 Å². The first kappa shape index (κ1) is 9.22. The molecule has 0 aliphatic heterocycles. The van der Waals surface area contributed by atoms with Crippen molar-refractivity contribution in [1.29, 1.82) is 0 Å². The van der Waals surface area contributed by atoms with Gasteiger partial charge in [0.2, 0.25) is 0 Å². The lowest BCUT2D eigenvalue weighted by atomic mass is 10.1. The van der Waals surface area contributed by atoms with Crippen LogP contribution in [0.2, 0.25) is 5.02 Å². The Morgan fingerprint density at radius 2 is 2.00 bits per heavy atom. The fourth-order valence-electron chi connectivity index (χ4n) is 1.36. The topological polar surface area (TPSA) is 12.9 Å². The van der Waals surface area contributed by atoms with Gasteiger partial charge in [-0.2, -0.15) is 0 Å². The molecule has 0 amide bonds. The predicted molar refractivity (Wildman–Crippen MR) is 59.4 cm³/mol. The molecule has 14 heavy (non-hydrogen) atoms. The molecule has 0 fully saturated rings. The van der Waals surface area contributed by atoms with Crippen LogP contribution in [0.4, 0.5) is 0 Å². The second kappa shape index (κ2) is 3.81. The molecule has 1 nitrogen and oxygen atoms in total. The van der Waals surface area contributed by atoms with E-state index >= 15 is 0 Å². The van der Waals surface area contributed by atoms with Crippen molar-refractivity contribution in [2.75, 3.05) is 0 Å².